The minimum absolute atomic E-state index is 0.0534. The molecule has 4 nitrogen and oxygen atoms in total. The van der Waals surface area contributed by atoms with Gasteiger partial charge < -0.3 is 9.84 Å². The van der Waals surface area contributed by atoms with Gasteiger partial charge in [-0.25, -0.2) is 4.98 Å². The maximum Gasteiger partial charge on any atom is 0.225 e. The molecule has 1 N–H and O–H groups in total. The lowest BCUT2D eigenvalue weighted by Crippen LogP contribution is -1.98. The topological polar surface area (TPSA) is 55.2 Å². The summed E-state index contributed by atoms with van der Waals surface area (Å²) in [5.74, 6) is 0.511. The first-order valence-electron chi connectivity index (χ1n) is 5.54. The van der Waals surface area contributed by atoms with Crippen LogP contribution in [0.2, 0.25) is 0 Å². The number of aliphatic hydroxyl groups excluding tert-OH is 1. The van der Waals surface area contributed by atoms with Gasteiger partial charge in [-0.05, 0) is 29.5 Å². The number of methoxy groups -OCH3 is 1. The fourth-order valence-corrected chi connectivity index (χ4v) is 2.49. The minimum atomic E-state index is -0.0534. The van der Waals surface area contributed by atoms with Crippen molar-refractivity contribution in [2.24, 2.45) is 0 Å². The van der Waals surface area contributed by atoms with Crippen LogP contribution >= 0.6 is 27.7 Å². The second kappa shape index (κ2) is 6.36. The third-order valence-corrected chi connectivity index (χ3v) is 3.69. The number of hydrogen-bond acceptors (Lipinski definition) is 5. The zero-order valence-electron chi connectivity index (χ0n) is 10.6. The molecule has 1 aromatic heterocycles. The molecule has 0 aliphatic carbocycles. The highest BCUT2D eigenvalue weighted by atomic mass is 79.9. The lowest BCUT2D eigenvalue weighted by Gasteiger charge is -2.11. The third kappa shape index (κ3) is 3.08. The van der Waals surface area contributed by atoms with Crippen molar-refractivity contribution in [1.82, 2.24) is 9.97 Å². The van der Waals surface area contributed by atoms with E-state index in [9.17, 15) is 5.11 Å². The van der Waals surface area contributed by atoms with Gasteiger partial charge in [0.05, 0.1) is 19.3 Å². The molecule has 0 aliphatic heterocycles. The van der Waals surface area contributed by atoms with Crippen LogP contribution in [-0.2, 0) is 6.61 Å². The second-order valence-corrected chi connectivity index (χ2v) is 5.43. The molecular formula is C13H13BrN2O2S. The molecule has 0 bridgehead atoms. The van der Waals surface area contributed by atoms with Gasteiger partial charge in [0.15, 0.2) is 5.16 Å². The Morgan fingerprint density at radius 3 is 2.79 bits per heavy atom. The van der Waals surface area contributed by atoms with Crippen molar-refractivity contribution in [1.29, 1.82) is 0 Å². The van der Waals surface area contributed by atoms with Crippen molar-refractivity contribution >= 4 is 27.7 Å². The first-order chi connectivity index (χ1) is 9.19. The Morgan fingerprint density at radius 2 is 2.16 bits per heavy atom. The van der Waals surface area contributed by atoms with Crippen LogP contribution in [0.5, 0.6) is 5.88 Å². The van der Waals surface area contributed by atoms with E-state index >= 15 is 0 Å². The van der Waals surface area contributed by atoms with Crippen LogP contribution in [0.1, 0.15) is 5.56 Å². The fourth-order valence-electron chi connectivity index (χ4n) is 1.75. The summed E-state index contributed by atoms with van der Waals surface area (Å²) in [5, 5.41) is 10.1. The maximum atomic E-state index is 9.46. The largest absolute Gasteiger partial charge is 0.480 e. The second-order valence-electron chi connectivity index (χ2n) is 3.74. The zero-order chi connectivity index (χ0) is 13.8. The Labute approximate surface area is 124 Å². The molecule has 0 unspecified atom stereocenters. The molecule has 2 aromatic rings. The molecular weight excluding hydrogens is 328 g/mol. The predicted molar refractivity (Wildman–Crippen MR) is 79.4 cm³/mol. The van der Waals surface area contributed by atoms with Gasteiger partial charge in [0.2, 0.25) is 5.88 Å². The van der Waals surface area contributed by atoms with Crippen molar-refractivity contribution in [3.63, 3.8) is 0 Å². The van der Waals surface area contributed by atoms with Crippen molar-refractivity contribution in [3.05, 3.63) is 34.4 Å². The summed E-state index contributed by atoms with van der Waals surface area (Å²) in [6, 6.07) is 5.70. The molecule has 1 heterocycles. The zero-order valence-corrected chi connectivity index (χ0v) is 13.0. The average molecular weight is 341 g/mol. The van der Waals surface area contributed by atoms with E-state index in [4.69, 9.17) is 4.74 Å². The molecule has 100 valence electrons. The highest BCUT2D eigenvalue weighted by molar-refractivity contribution is 9.10. The third-order valence-electron chi connectivity index (χ3n) is 2.64. The summed E-state index contributed by atoms with van der Waals surface area (Å²) in [6.45, 7) is -0.0534. The number of halogens is 1. The Kier molecular flexibility index (Phi) is 4.79. The van der Waals surface area contributed by atoms with Crippen molar-refractivity contribution < 1.29 is 9.84 Å². The van der Waals surface area contributed by atoms with Crippen LogP contribution in [0.3, 0.4) is 0 Å². The highest BCUT2D eigenvalue weighted by Gasteiger charge is 2.13. The van der Waals surface area contributed by atoms with Gasteiger partial charge in [-0.2, -0.15) is 4.98 Å². The summed E-state index contributed by atoms with van der Waals surface area (Å²) in [6.07, 6.45) is 3.63. The molecule has 1 aromatic carbocycles. The number of benzene rings is 1. The number of rotatable bonds is 4. The quantitative estimate of drug-likeness (QED) is 0.684. The molecule has 0 spiro atoms. The van der Waals surface area contributed by atoms with Crippen molar-refractivity contribution in [2.45, 2.75) is 11.8 Å². The molecule has 6 heteroatoms. The monoisotopic (exact) mass is 340 g/mol. The average Bonchev–Trinajstić information content (AvgIpc) is 2.46. The van der Waals surface area contributed by atoms with Crippen molar-refractivity contribution in [2.75, 3.05) is 13.4 Å². The molecule has 0 radical (unpaired) electrons. The van der Waals surface area contributed by atoms with Gasteiger partial charge in [0.25, 0.3) is 0 Å². The van der Waals surface area contributed by atoms with E-state index in [1.807, 2.05) is 24.5 Å². The minimum Gasteiger partial charge on any atom is -0.480 e. The van der Waals surface area contributed by atoms with Crippen LogP contribution in [0.15, 0.2) is 34.0 Å². The number of thioether (sulfide) groups is 1. The summed E-state index contributed by atoms with van der Waals surface area (Å²) >= 11 is 4.85. The molecule has 0 saturated heterocycles. The number of aliphatic hydroxyl groups is 1. The van der Waals surface area contributed by atoms with Gasteiger partial charge in [-0.1, -0.05) is 33.8 Å². The van der Waals surface area contributed by atoms with E-state index in [1.165, 1.54) is 11.8 Å². The molecule has 0 aliphatic rings. The number of nitrogens with zero attached hydrogens (tertiary/aromatic N) is 2. The van der Waals surface area contributed by atoms with E-state index in [0.29, 0.717) is 11.0 Å². The Bertz CT molecular complexity index is 593. The molecule has 2 rings (SSSR count). The van der Waals surface area contributed by atoms with Gasteiger partial charge in [0.1, 0.15) is 0 Å². The highest BCUT2D eigenvalue weighted by Crippen LogP contribution is 2.32. The van der Waals surface area contributed by atoms with Gasteiger partial charge in [0, 0.05) is 10.7 Å². The van der Waals surface area contributed by atoms with Crippen LogP contribution in [-0.4, -0.2) is 28.4 Å². The fraction of sp³-hybridized carbons (Fsp3) is 0.231. The lowest BCUT2D eigenvalue weighted by molar-refractivity contribution is 0.282. The van der Waals surface area contributed by atoms with Crippen LogP contribution in [0.4, 0.5) is 0 Å². The summed E-state index contributed by atoms with van der Waals surface area (Å²) in [5.41, 5.74) is 2.44. The SMILES string of the molecule is COc1nc(SC)ncc1-c1ccc(Br)cc1CO. The predicted octanol–water partition coefficient (Wildman–Crippen LogP) is 3.13. The summed E-state index contributed by atoms with van der Waals surface area (Å²) < 4.78 is 6.23. The van der Waals surface area contributed by atoms with Gasteiger partial charge in [-0.3, -0.25) is 0 Å². The first-order valence-corrected chi connectivity index (χ1v) is 7.56. The van der Waals surface area contributed by atoms with E-state index < -0.39 is 0 Å². The molecule has 0 atom stereocenters. The van der Waals surface area contributed by atoms with E-state index in [2.05, 4.69) is 25.9 Å². The summed E-state index contributed by atoms with van der Waals surface area (Å²) in [7, 11) is 1.58. The maximum absolute atomic E-state index is 9.46. The molecule has 0 saturated carbocycles. The molecule has 0 fully saturated rings. The van der Waals surface area contributed by atoms with Crippen LogP contribution in [0, 0.1) is 0 Å². The molecule has 0 amide bonds. The standard InChI is InChI=1S/C13H13BrN2O2S/c1-18-12-11(6-15-13(16-12)19-2)10-4-3-9(14)5-8(10)7-17/h3-6,17H,7H2,1-2H3. The summed E-state index contributed by atoms with van der Waals surface area (Å²) in [4.78, 5) is 8.58. The van der Waals surface area contributed by atoms with Gasteiger partial charge >= 0.3 is 0 Å². The number of aromatic nitrogens is 2. The Balaban J connectivity index is 2.58. The van der Waals surface area contributed by atoms with Gasteiger partial charge in [-0.15, -0.1) is 0 Å². The Hall–Kier alpha value is -1.11. The molecule has 19 heavy (non-hydrogen) atoms. The van der Waals surface area contributed by atoms with E-state index in [1.54, 1.807) is 13.3 Å². The number of ether oxygens (including phenoxy) is 1. The smallest absolute Gasteiger partial charge is 0.225 e. The van der Waals surface area contributed by atoms with Crippen LogP contribution < -0.4 is 4.74 Å². The van der Waals surface area contributed by atoms with Crippen LogP contribution in [0.25, 0.3) is 11.1 Å². The van der Waals surface area contributed by atoms with E-state index in [0.717, 1.165) is 21.2 Å². The first kappa shape index (κ1) is 14.3. The van der Waals surface area contributed by atoms with E-state index in [-0.39, 0.29) is 6.61 Å². The van der Waals surface area contributed by atoms with Crippen molar-refractivity contribution in [3.8, 4) is 17.0 Å². The normalized spacial score (nSPS) is 10.5. The lowest BCUT2D eigenvalue weighted by atomic mass is 10.0. The Morgan fingerprint density at radius 1 is 1.37 bits per heavy atom. The number of hydrogen-bond donors (Lipinski definition) is 1.